The number of aromatic nitrogens is 5. The number of fused-ring (bicyclic) bond motifs is 1. The highest BCUT2D eigenvalue weighted by atomic mass is 16.3. The number of benzene rings is 1. The average molecular weight is 372 g/mol. The number of hydrogen-bond donors (Lipinski definition) is 3. The minimum atomic E-state index is -1.63. The molecule has 9 heteroatoms. The summed E-state index contributed by atoms with van der Waals surface area (Å²) in [6.45, 7) is 1.55. The molecule has 9 nitrogen and oxygen atoms in total. The normalized spacial score (nSPS) is 13.0. The SMILES string of the molecule is CC(O)(Nc1ncnc(N)c1C#N)c1cc2nccn2nc1-c1ccccc1. The Labute approximate surface area is 160 Å². The lowest BCUT2D eigenvalue weighted by molar-refractivity contribution is 0.0885. The molecule has 0 bridgehead atoms. The average Bonchev–Trinajstić information content (AvgIpc) is 3.15. The second-order valence-corrected chi connectivity index (χ2v) is 6.29. The molecule has 0 spiro atoms. The summed E-state index contributed by atoms with van der Waals surface area (Å²) < 4.78 is 1.63. The first-order valence-electron chi connectivity index (χ1n) is 8.41. The molecule has 0 aliphatic heterocycles. The molecule has 4 N–H and O–H groups in total. The fourth-order valence-electron chi connectivity index (χ4n) is 2.94. The van der Waals surface area contributed by atoms with Crippen LogP contribution in [0.15, 0.2) is 55.1 Å². The standard InChI is InChI=1S/C19H16N8O/c1-19(28,25-18-13(10-20)17(21)23-11-24-18)14-9-15-22-7-8-27(15)26-16(14)12-5-3-2-4-6-12/h2-9,11,28H,1H3,(H3,21,23,24,25). The summed E-state index contributed by atoms with van der Waals surface area (Å²) in [4.78, 5) is 12.1. The molecule has 4 aromatic rings. The molecule has 3 aromatic heterocycles. The fraction of sp³-hybridized carbons (Fsp3) is 0.105. The van der Waals surface area contributed by atoms with Crippen LogP contribution in [0.2, 0.25) is 0 Å². The van der Waals surface area contributed by atoms with E-state index in [1.54, 1.807) is 29.9 Å². The highest BCUT2D eigenvalue weighted by Gasteiger charge is 2.30. The molecular formula is C19H16N8O. The summed E-state index contributed by atoms with van der Waals surface area (Å²) in [5.74, 6) is 0.156. The van der Waals surface area contributed by atoms with Gasteiger partial charge in [-0.05, 0) is 13.0 Å². The third-order valence-electron chi connectivity index (χ3n) is 4.31. The minimum absolute atomic E-state index is 0.0286. The second-order valence-electron chi connectivity index (χ2n) is 6.29. The third kappa shape index (κ3) is 2.98. The minimum Gasteiger partial charge on any atom is -0.382 e. The largest absolute Gasteiger partial charge is 0.382 e. The molecule has 0 aliphatic rings. The van der Waals surface area contributed by atoms with E-state index in [1.807, 2.05) is 36.4 Å². The van der Waals surface area contributed by atoms with Gasteiger partial charge in [-0.2, -0.15) is 10.4 Å². The molecule has 0 radical (unpaired) electrons. The number of nitrogens with zero attached hydrogens (tertiary/aromatic N) is 6. The number of aliphatic hydroxyl groups is 1. The van der Waals surface area contributed by atoms with E-state index in [0.717, 1.165) is 5.56 Å². The Kier molecular flexibility index (Phi) is 4.10. The predicted octanol–water partition coefficient (Wildman–Crippen LogP) is 1.92. The highest BCUT2D eigenvalue weighted by molar-refractivity contribution is 5.68. The lowest BCUT2D eigenvalue weighted by Gasteiger charge is -2.28. The Hall–Kier alpha value is -4.03. The van der Waals surface area contributed by atoms with Crippen molar-refractivity contribution >= 4 is 17.3 Å². The molecule has 0 saturated carbocycles. The number of nitrogens with one attached hydrogen (secondary N) is 1. The maximum atomic E-state index is 11.3. The van der Waals surface area contributed by atoms with Gasteiger partial charge in [0.1, 0.15) is 23.8 Å². The summed E-state index contributed by atoms with van der Waals surface area (Å²) >= 11 is 0. The van der Waals surface area contributed by atoms with E-state index in [1.165, 1.54) is 6.33 Å². The van der Waals surface area contributed by atoms with Gasteiger partial charge in [-0.15, -0.1) is 0 Å². The van der Waals surface area contributed by atoms with Crippen molar-refractivity contribution in [1.82, 2.24) is 24.6 Å². The van der Waals surface area contributed by atoms with Gasteiger partial charge >= 0.3 is 0 Å². The number of nitrogen functional groups attached to an aromatic ring is 1. The van der Waals surface area contributed by atoms with Crippen LogP contribution in [0.4, 0.5) is 11.6 Å². The Bertz CT molecular complexity index is 1190. The first kappa shape index (κ1) is 17.4. The number of anilines is 2. The second kappa shape index (κ2) is 6.61. The van der Waals surface area contributed by atoms with Crippen LogP contribution in [0, 0.1) is 11.3 Å². The van der Waals surface area contributed by atoms with E-state index in [-0.39, 0.29) is 17.2 Å². The Morgan fingerprint density at radius 2 is 2.00 bits per heavy atom. The van der Waals surface area contributed by atoms with E-state index >= 15 is 0 Å². The molecule has 1 atom stereocenters. The van der Waals surface area contributed by atoms with E-state index in [2.05, 4.69) is 25.4 Å². The third-order valence-corrected chi connectivity index (χ3v) is 4.31. The van der Waals surface area contributed by atoms with E-state index < -0.39 is 5.72 Å². The van der Waals surface area contributed by atoms with E-state index in [9.17, 15) is 10.4 Å². The monoisotopic (exact) mass is 372 g/mol. The maximum absolute atomic E-state index is 11.3. The molecule has 1 aromatic carbocycles. The van der Waals surface area contributed by atoms with Crippen molar-refractivity contribution in [3.63, 3.8) is 0 Å². The van der Waals surface area contributed by atoms with Crippen LogP contribution in [0.1, 0.15) is 18.1 Å². The number of nitriles is 1. The van der Waals surface area contributed by atoms with Crippen LogP contribution in [0.3, 0.4) is 0 Å². The van der Waals surface area contributed by atoms with E-state index in [0.29, 0.717) is 16.9 Å². The Morgan fingerprint density at radius 3 is 2.75 bits per heavy atom. The van der Waals surface area contributed by atoms with Crippen molar-refractivity contribution in [3.8, 4) is 17.3 Å². The van der Waals surface area contributed by atoms with Gasteiger partial charge in [0.2, 0.25) is 0 Å². The van der Waals surface area contributed by atoms with Crippen LogP contribution >= 0.6 is 0 Å². The Balaban J connectivity index is 1.88. The first-order valence-corrected chi connectivity index (χ1v) is 8.41. The lowest BCUT2D eigenvalue weighted by Crippen LogP contribution is -2.33. The molecule has 138 valence electrons. The maximum Gasteiger partial charge on any atom is 0.162 e. The highest BCUT2D eigenvalue weighted by Crippen LogP contribution is 2.32. The molecule has 28 heavy (non-hydrogen) atoms. The van der Waals surface area contributed by atoms with Gasteiger partial charge in [-0.3, -0.25) is 0 Å². The molecule has 3 heterocycles. The zero-order valence-corrected chi connectivity index (χ0v) is 14.9. The molecule has 0 fully saturated rings. The molecule has 1 unspecified atom stereocenters. The fourth-order valence-corrected chi connectivity index (χ4v) is 2.94. The number of rotatable bonds is 4. The first-order chi connectivity index (χ1) is 13.5. The van der Waals surface area contributed by atoms with Gasteiger partial charge in [0, 0.05) is 23.5 Å². The molecule has 0 aliphatic carbocycles. The number of imidazole rings is 1. The summed E-state index contributed by atoms with van der Waals surface area (Å²) in [7, 11) is 0. The quantitative estimate of drug-likeness (QED) is 0.462. The van der Waals surface area contributed by atoms with Crippen LogP contribution in [0.25, 0.3) is 16.9 Å². The van der Waals surface area contributed by atoms with Gasteiger partial charge in [-0.25, -0.2) is 19.5 Å². The zero-order valence-electron chi connectivity index (χ0n) is 14.9. The smallest absolute Gasteiger partial charge is 0.162 e. The van der Waals surface area contributed by atoms with Gasteiger partial charge < -0.3 is 16.2 Å². The number of nitrogens with two attached hydrogens (primary N) is 1. The van der Waals surface area contributed by atoms with Gasteiger partial charge in [0.25, 0.3) is 0 Å². The molecule has 4 rings (SSSR count). The van der Waals surface area contributed by atoms with Crippen LogP contribution in [0.5, 0.6) is 0 Å². The van der Waals surface area contributed by atoms with Gasteiger partial charge in [0.05, 0.1) is 5.69 Å². The number of hydrogen-bond acceptors (Lipinski definition) is 8. The van der Waals surface area contributed by atoms with Crippen molar-refractivity contribution in [3.05, 3.63) is 66.2 Å². The Morgan fingerprint density at radius 1 is 1.21 bits per heavy atom. The zero-order chi connectivity index (χ0) is 19.7. The molecular weight excluding hydrogens is 356 g/mol. The predicted molar refractivity (Wildman–Crippen MR) is 103 cm³/mol. The van der Waals surface area contributed by atoms with Gasteiger partial charge in [-0.1, -0.05) is 30.3 Å². The molecule has 0 saturated heterocycles. The van der Waals surface area contributed by atoms with Crippen molar-refractivity contribution < 1.29 is 5.11 Å². The van der Waals surface area contributed by atoms with Gasteiger partial charge in [0.15, 0.2) is 17.2 Å². The van der Waals surface area contributed by atoms with Crippen LogP contribution < -0.4 is 11.1 Å². The van der Waals surface area contributed by atoms with Crippen LogP contribution in [-0.4, -0.2) is 29.7 Å². The summed E-state index contributed by atoms with van der Waals surface area (Å²) in [6.07, 6.45) is 4.58. The lowest BCUT2D eigenvalue weighted by atomic mass is 9.98. The van der Waals surface area contributed by atoms with Crippen molar-refractivity contribution in [2.45, 2.75) is 12.6 Å². The van der Waals surface area contributed by atoms with E-state index in [4.69, 9.17) is 5.73 Å². The summed E-state index contributed by atoms with van der Waals surface area (Å²) in [6, 6.07) is 13.2. The van der Waals surface area contributed by atoms with Crippen LogP contribution in [-0.2, 0) is 5.72 Å². The van der Waals surface area contributed by atoms with Crippen molar-refractivity contribution in [2.75, 3.05) is 11.1 Å². The van der Waals surface area contributed by atoms with Crippen molar-refractivity contribution in [2.24, 2.45) is 0 Å². The van der Waals surface area contributed by atoms with Crippen molar-refractivity contribution in [1.29, 1.82) is 5.26 Å². The molecule has 0 amide bonds. The summed E-state index contributed by atoms with van der Waals surface area (Å²) in [5, 5.41) is 28.1. The summed E-state index contributed by atoms with van der Waals surface area (Å²) in [5.41, 5.74) is 6.59. The topological polar surface area (TPSA) is 138 Å².